The molecule has 4 heteroatoms. The first-order valence-electron chi connectivity index (χ1n) is 7.25. The summed E-state index contributed by atoms with van der Waals surface area (Å²) in [5.41, 5.74) is 10.3. The largest absolute Gasteiger partial charge is 0.340 e. The van der Waals surface area contributed by atoms with Gasteiger partial charge < -0.3 is 11.1 Å². The van der Waals surface area contributed by atoms with Gasteiger partial charge in [-0.25, -0.2) is 9.97 Å². The number of rotatable bonds is 3. The molecule has 1 aromatic heterocycles. The number of benzene rings is 1. The summed E-state index contributed by atoms with van der Waals surface area (Å²) in [5.74, 6) is 0.956. The molecule has 0 radical (unpaired) electrons. The van der Waals surface area contributed by atoms with Crippen molar-refractivity contribution in [1.29, 1.82) is 0 Å². The van der Waals surface area contributed by atoms with E-state index in [-0.39, 0.29) is 0 Å². The lowest BCUT2D eigenvalue weighted by Gasteiger charge is -2.12. The Balaban J connectivity index is 1.86. The van der Waals surface area contributed by atoms with Crippen LogP contribution in [-0.4, -0.2) is 9.97 Å². The van der Waals surface area contributed by atoms with Gasteiger partial charge in [-0.1, -0.05) is 18.6 Å². The lowest BCUT2D eigenvalue weighted by molar-refractivity contribution is 0.709. The average molecular weight is 268 g/mol. The molecular formula is C16H20N4. The molecule has 20 heavy (non-hydrogen) atoms. The Bertz CT molecular complexity index is 578. The van der Waals surface area contributed by atoms with Crippen LogP contribution < -0.4 is 11.1 Å². The van der Waals surface area contributed by atoms with Crippen molar-refractivity contribution < 1.29 is 0 Å². The summed E-state index contributed by atoms with van der Waals surface area (Å²) in [5, 5.41) is 3.42. The standard InChI is InChI=1S/C16H20N4/c17-10-12-6-8-13(9-7-12)20-16-14-4-2-1-3-5-15(14)18-11-19-16/h6-9,11H,1-5,10,17H2,(H,18,19,20). The van der Waals surface area contributed by atoms with Crippen LogP contribution in [0.25, 0.3) is 0 Å². The van der Waals surface area contributed by atoms with Gasteiger partial charge in [-0.05, 0) is 43.4 Å². The zero-order valence-corrected chi connectivity index (χ0v) is 11.6. The maximum atomic E-state index is 5.62. The van der Waals surface area contributed by atoms with Gasteiger partial charge in [0.2, 0.25) is 0 Å². The Morgan fingerprint density at radius 2 is 1.80 bits per heavy atom. The third kappa shape index (κ3) is 2.80. The van der Waals surface area contributed by atoms with Crippen LogP contribution in [0.3, 0.4) is 0 Å². The van der Waals surface area contributed by atoms with Crippen LogP contribution in [0.4, 0.5) is 11.5 Å². The summed E-state index contributed by atoms with van der Waals surface area (Å²) in [4.78, 5) is 8.87. The van der Waals surface area contributed by atoms with Gasteiger partial charge in [0.1, 0.15) is 12.1 Å². The minimum atomic E-state index is 0.573. The van der Waals surface area contributed by atoms with E-state index in [1.165, 1.54) is 30.5 Å². The summed E-state index contributed by atoms with van der Waals surface area (Å²) in [7, 11) is 0. The Morgan fingerprint density at radius 1 is 1.00 bits per heavy atom. The molecule has 0 spiro atoms. The Hall–Kier alpha value is -1.94. The summed E-state index contributed by atoms with van der Waals surface area (Å²) in [6, 6.07) is 8.19. The normalized spacial score (nSPS) is 14.4. The van der Waals surface area contributed by atoms with E-state index in [2.05, 4.69) is 15.3 Å². The molecule has 104 valence electrons. The van der Waals surface area contributed by atoms with Gasteiger partial charge in [0.05, 0.1) is 0 Å². The first-order chi connectivity index (χ1) is 9.86. The maximum absolute atomic E-state index is 5.62. The van der Waals surface area contributed by atoms with Gasteiger partial charge >= 0.3 is 0 Å². The molecule has 1 aromatic carbocycles. The van der Waals surface area contributed by atoms with Crippen LogP contribution >= 0.6 is 0 Å². The van der Waals surface area contributed by atoms with Gasteiger partial charge in [0, 0.05) is 23.5 Å². The first kappa shape index (κ1) is 13.1. The molecule has 3 N–H and O–H groups in total. The highest BCUT2D eigenvalue weighted by Gasteiger charge is 2.14. The van der Waals surface area contributed by atoms with Crippen molar-refractivity contribution in [3.05, 3.63) is 47.4 Å². The second kappa shape index (κ2) is 6.01. The number of anilines is 2. The second-order valence-electron chi connectivity index (χ2n) is 5.23. The van der Waals surface area contributed by atoms with Crippen molar-refractivity contribution in [2.75, 3.05) is 5.32 Å². The highest BCUT2D eigenvalue weighted by Crippen LogP contribution is 2.26. The van der Waals surface area contributed by atoms with E-state index in [1.807, 2.05) is 24.3 Å². The number of nitrogens with one attached hydrogen (secondary N) is 1. The molecule has 0 bridgehead atoms. The summed E-state index contributed by atoms with van der Waals surface area (Å²) < 4.78 is 0. The number of aryl methyl sites for hydroxylation is 1. The van der Waals surface area contributed by atoms with Gasteiger partial charge in [0.25, 0.3) is 0 Å². The van der Waals surface area contributed by atoms with E-state index in [0.717, 1.165) is 29.9 Å². The highest BCUT2D eigenvalue weighted by atomic mass is 15.0. The molecule has 0 atom stereocenters. The van der Waals surface area contributed by atoms with E-state index in [9.17, 15) is 0 Å². The van der Waals surface area contributed by atoms with Crippen molar-refractivity contribution >= 4 is 11.5 Å². The molecule has 0 aliphatic heterocycles. The molecule has 0 amide bonds. The molecule has 0 saturated heterocycles. The molecule has 1 aliphatic carbocycles. The summed E-state index contributed by atoms with van der Waals surface area (Å²) in [6.45, 7) is 0.573. The average Bonchev–Trinajstić information content (AvgIpc) is 2.74. The van der Waals surface area contributed by atoms with Crippen LogP contribution in [0.15, 0.2) is 30.6 Å². The predicted octanol–water partition coefficient (Wildman–Crippen LogP) is 2.95. The van der Waals surface area contributed by atoms with E-state index < -0.39 is 0 Å². The molecule has 0 unspecified atom stereocenters. The Kier molecular flexibility index (Phi) is 3.92. The van der Waals surface area contributed by atoms with Crippen molar-refractivity contribution in [2.45, 2.75) is 38.6 Å². The SMILES string of the molecule is NCc1ccc(Nc2ncnc3c2CCCCC3)cc1. The van der Waals surface area contributed by atoms with Crippen LogP contribution in [0.5, 0.6) is 0 Å². The molecule has 0 saturated carbocycles. The summed E-state index contributed by atoms with van der Waals surface area (Å²) in [6.07, 6.45) is 7.54. The zero-order valence-electron chi connectivity index (χ0n) is 11.6. The molecule has 4 nitrogen and oxygen atoms in total. The fourth-order valence-corrected chi connectivity index (χ4v) is 2.67. The van der Waals surface area contributed by atoms with E-state index >= 15 is 0 Å². The Morgan fingerprint density at radius 3 is 2.60 bits per heavy atom. The zero-order chi connectivity index (χ0) is 13.8. The highest BCUT2D eigenvalue weighted by molar-refractivity contribution is 5.60. The van der Waals surface area contributed by atoms with E-state index in [1.54, 1.807) is 6.33 Å². The molecule has 0 fully saturated rings. The van der Waals surface area contributed by atoms with Gasteiger partial charge in [-0.2, -0.15) is 0 Å². The number of nitrogens with two attached hydrogens (primary N) is 1. The van der Waals surface area contributed by atoms with Crippen molar-refractivity contribution in [3.8, 4) is 0 Å². The second-order valence-corrected chi connectivity index (χ2v) is 5.23. The van der Waals surface area contributed by atoms with Crippen molar-refractivity contribution in [3.63, 3.8) is 0 Å². The minimum Gasteiger partial charge on any atom is -0.340 e. The predicted molar refractivity (Wildman–Crippen MR) is 80.9 cm³/mol. The van der Waals surface area contributed by atoms with Crippen LogP contribution in [0.2, 0.25) is 0 Å². The quantitative estimate of drug-likeness (QED) is 0.840. The van der Waals surface area contributed by atoms with Crippen LogP contribution in [0.1, 0.15) is 36.1 Å². The molecule has 3 rings (SSSR count). The van der Waals surface area contributed by atoms with Crippen LogP contribution in [-0.2, 0) is 19.4 Å². The van der Waals surface area contributed by atoms with Gasteiger partial charge in [0.15, 0.2) is 0 Å². The minimum absolute atomic E-state index is 0.573. The van der Waals surface area contributed by atoms with Gasteiger partial charge in [-0.15, -0.1) is 0 Å². The number of aromatic nitrogens is 2. The number of fused-ring (bicyclic) bond motifs is 1. The first-order valence-corrected chi connectivity index (χ1v) is 7.25. The lowest BCUT2D eigenvalue weighted by Crippen LogP contribution is -2.04. The topological polar surface area (TPSA) is 63.8 Å². The summed E-state index contributed by atoms with van der Waals surface area (Å²) >= 11 is 0. The monoisotopic (exact) mass is 268 g/mol. The van der Waals surface area contributed by atoms with Gasteiger partial charge in [-0.3, -0.25) is 0 Å². The smallest absolute Gasteiger partial charge is 0.137 e. The maximum Gasteiger partial charge on any atom is 0.137 e. The fourth-order valence-electron chi connectivity index (χ4n) is 2.67. The van der Waals surface area contributed by atoms with Crippen molar-refractivity contribution in [1.82, 2.24) is 9.97 Å². The lowest BCUT2D eigenvalue weighted by atomic mass is 10.1. The molecule has 1 aliphatic rings. The van der Waals surface area contributed by atoms with Crippen LogP contribution in [0, 0.1) is 0 Å². The number of hydrogen-bond acceptors (Lipinski definition) is 4. The molecule has 2 aromatic rings. The fraction of sp³-hybridized carbons (Fsp3) is 0.375. The number of nitrogens with zero attached hydrogens (tertiary/aromatic N) is 2. The third-order valence-corrected chi connectivity index (χ3v) is 3.83. The molecular weight excluding hydrogens is 248 g/mol. The van der Waals surface area contributed by atoms with E-state index in [0.29, 0.717) is 6.54 Å². The number of hydrogen-bond donors (Lipinski definition) is 2. The molecule has 1 heterocycles. The Labute approximate surface area is 119 Å². The van der Waals surface area contributed by atoms with Crippen molar-refractivity contribution in [2.24, 2.45) is 5.73 Å². The third-order valence-electron chi connectivity index (χ3n) is 3.83. The van der Waals surface area contributed by atoms with E-state index in [4.69, 9.17) is 5.73 Å².